The summed E-state index contributed by atoms with van der Waals surface area (Å²) in [7, 11) is 0. The Morgan fingerprint density at radius 3 is 2.67 bits per heavy atom. The maximum Gasteiger partial charge on any atom is 0.307 e. The number of hydrazone groups is 1. The molecule has 0 aliphatic heterocycles. The molecule has 5 aromatic rings. The van der Waals surface area contributed by atoms with Gasteiger partial charge >= 0.3 is 5.91 Å². The van der Waals surface area contributed by atoms with Crippen LogP contribution in [-0.4, -0.2) is 16.7 Å². The summed E-state index contributed by atoms with van der Waals surface area (Å²) < 4.78 is 7.78. The number of fused-ring (bicyclic) bond motifs is 2. The number of hydrogen-bond donors (Lipinski definition) is 1. The number of nitrogens with one attached hydrogen (secondary N) is 1. The fraction of sp³-hybridized carbons (Fsp3) is 0.0769. The number of nitrogens with zero attached hydrogens (tertiary/aromatic N) is 2. The summed E-state index contributed by atoms with van der Waals surface area (Å²) in [6.45, 7) is 2.60. The number of carbonyl (C=O) groups excluding carboxylic acids is 1. The molecule has 0 saturated heterocycles. The second kappa shape index (κ2) is 8.77. The molecule has 0 spiro atoms. The van der Waals surface area contributed by atoms with Gasteiger partial charge in [0.15, 0.2) is 5.76 Å². The van der Waals surface area contributed by atoms with E-state index in [1.165, 1.54) is 0 Å². The molecule has 0 bridgehead atoms. The van der Waals surface area contributed by atoms with Gasteiger partial charge in [-0.05, 0) is 42.8 Å². The maximum absolute atomic E-state index is 12.5. The van der Waals surface area contributed by atoms with E-state index in [4.69, 9.17) is 27.6 Å². The molecule has 1 N–H and O–H groups in total. The Labute approximate surface area is 200 Å². The average Bonchev–Trinajstić information content (AvgIpc) is 3.36. The molecule has 0 aliphatic rings. The number of para-hydroxylation sites is 2. The van der Waals surface area contributed by atoms with E-state index < -0.39 is 5.91 Å². The summed E-state index contributed by atoms with van der Waals surface area (Å²) >= 11 is 12.5. The Balaban J connectivity index is 1.43. The lowest BCUT2D eigenvalue weighted by molar-refractivity contribution is 0.0929. The Morgan fingerprint density at radius 2 is 1.85 bits per heavy atom. The highest BCUT2D eigenvalue weighted by Crippen LogP contribution is 2.28. The first-order chi connectivity index (χ1) is 16.0. The fourth-order valence-corrected chi connectivity index (χ4v) is 4.42. The van der Waals surface area contributed by atoms with Gasteiger partial charge in [-0.1, -0.05) is 65.7 Å². The van der Waals surface area contributed by atoms with E-state index in [0.717, 1.165) is 33.1 Å². The van der Waals surface area contributed by atoms with Crippen LogP contribution in [-0.2, 0) is 6.54 Å². The van der Waals surface area contributed by atoms with Gasteiger partial charge in [0, 0.05) is 44.1 Å². The molecule has 0 atom stereocenters. The summed E-state index contributed by atoms with van der Waals surface area (Å²) in [5.41, 5.74) is 7.16. The third kappa shape index (κ3) is 4.13. The summed E-state index contributed by atoms with van der Waals surface area (Å²) in [5, 5.41) is 7.32. The highest BCUT2D eigenvalue weighted by Gasteiger charge is 2.15. The number of amides is 1. The van der Waals surface area contributed by atoms with Crippen molar-refractivity contribution in [1.29, 1.82) is 0 Å². The Bertz CT molecular complexity index is 1500. The number of carbonyl (C=O) groups is 1. The Morgan fingerprint density at radius 1 is 1.06 bits per heavy atom. The second-order valence-electron chi connectivity index (χ2n) is 7.69. The first-order valence-electron chi connectivity index (χ1n) is 10.3. The number of furan rings is 1. The number of hydrogen-bond acceptors (Lipinski definition) is 3. The predicted octanol–water partition coefficient (Wildman–Crippen LogP) is 6.81. The third-order valence-corrected chi connectivity index (χ3v) is 6.22. The molecule has 1 amide bonds. The first kappa shape index (κ1) is 21.3. The van der Waals surface area contributed by atoms with E-state index in [9.17, 15) is 4.79 Å². The minimum Gasteiger partial charge on any atom is -0.451 e. The summed E-state index contributed by atoms with van der Waals surface area (Å²) in [6.07, 6.45) is 1.66. The molecule has 2 aromatic heterocycles. The van der Waals surface area contributed by atoms with E-state index in [1.807, 2.05) is 61.5 Å². The summed E-state index contributed by atoms with van der Waals surface area (Å²) in [5.74, 6) is -0.193. The van der Waals surface area contributed by atoms with E-state index in [-0.39, 0.29) is 5.76 Å². The van der Waals surface area contributed by atoms with Crippen LogP contribution >= 0.6 is 23.2 Å². The van der Waals surface area contributed by atoms with Crippen LogP contribution in [0.2, 0.25) is 10.0 Å². The molecular formula is C26H19Cl2N3O2. The van der Waals surface area contributed by atoms with Crippen molar-refractivity contribution in [2.75, 3.05) is 0 Å². The number of aromatic nitrogens is 1. The van der Waals surface area contributed by atoms with Crippen LogP contribution in [0.15, 0.2) is 82.3 Å². The molecule has 5 nitrogen and oxygen atoms in total. The second-order valence-corrected chi connectivity index (χ2v) is 8.53. The highest BCUT2D eigenvalue weighted by atomic mass is 35.5. The van der Waals surface area contributed by atoms with Crippen LogP contribution in [0, 0.1) is 6.92 Å². The van der Waals surface area contributed by atoms with E-state index >= 15 is 0 Å². The molecule has 0 unspecified atom stereocenters. The van der Waals surface area contributed by atoms with Crippen LogP contribution in [0.1, 0.15) is 27.4 Å². The molecule has 33 heavy (non-hydrogen) atoms. The number of halogens is 2. The topological polar surface area (TPSA) is 59.5 Å². The molecule has 0 aliphatic carbocycles. The van der Waals surface area contributed by atoms with Crippen molar-refractivity contribution in [3.05, 3.63) is 105 Å². The number of benzene rings is 3. The number of rotatable bonds is 5. The minimum atomic E-state index is -0.406. The van der Waals surface area contributed by atoms with Crippen LogP contribution in [0.25, 0.3) is 21.9 Å². The van der Waals surface area contributed by atoms with Crippen LogP contribution in [0.4, 0.5) is 0 Å². The standard InChI is InChI=1S/C26H19Cl2N3O2/c1-16-21(14-29-30-26(32)25-12-17-6-2-5-9-24(17)33-25)20-7-3-4-8-23(20)31(16)15-18-10-11-19(27)13-22(18)28/h2-14H,15H2,1H3,(H,30,32)/b29-14-. The fourth-order valence-electron chi connectivity index (χ4n) is 3.95. The van der Waals surface area contributed by atoms with Gasteiger partial charge in [0.05, 0.1) is 6.21 Å². The van der Waals surface area contributed by atoms with E-state index in [0.29, 0.717) is 22.2 Å². The Kier molecular flexibility index (Phi) is 5.67. The lowest BCUT2D eigenvalue weighted by Gasteiger charge is -2.10. The first-order valence-corrected chi connectivity index (χ1v) is 11.1. The molecule has 2 heterocycles. The van der Waals surface area contributed by atoms with Gasteiger partial charge in [0.1, 0.15) is 5.58 Å². The molecule has 0 saturated carbocycles. The zero-order valence-corrected chi connectivity index (χ0v) is 19.2. The SMILES string of the molecule is Cc1c(/C=N\NC(=O)c2cc3ccccc3o2)c2ccccc2n1Cc1ccc(Cl)cc1Cl. The molecule has 164 valence electrons. The van der Waals surface area contributed by atoms with Gasteiger partial charge in [-0.2, -0.15) is 5.10 Å². The van der Waals surface area contributed by atoms with Crippen molar-refractivity contribution in [2.45, 2.75) is 13.5 Å². The van der Waals surface area contributed by atoms with Gasteiger partial charge in [-0.3, -0.25) is 4.79 Å². The predicted molar refractivity (Wildman–Crippen MR) is 134 cm³/mol. The van der Waals surface area contributed by atoms with Crippen molar-refractivity contribution in [3.63, 3.8) is 0 Å². The lowest BCUT2D eigenvalue weighted by atomic mass is 10.1. The zero-order valence-electron chi connectivity index (χ0n) is 17.7. The van der Waals surface area contributed by atoms with Crippen molar-refractivity contribution >= 4 is 57.2 Å². The van der Waals surface area contributed by atoms with Gasteiger partial charge < -0.3 is 8.98 Å². The van der Waals surface area contributed by atoms with Gasteiger partial charge in [-0.25, -0.2) is 5.43 Å². The zero-order chi connectivity index (χ0) is 22.9. The largest absolute Gasteiger partial charge is 0.451 e. The molecule has 5 rings (SSSR count). The van der Waals surface area contributed by atoms with Crippen molar-refractivity contribution in [1.82, 2.24) is 9.99 Å². The third-order valence-electron chi connectivity index (χ3n) is 5.63. The highest BCUT2D eigenvalue weighted by molar-refractivity contribution is 6.35. The molecular weight excluding hydrogens is 457 g/mol. The molecule has 0 fully saturated rings. The average molecular weight is 476 g/mol. The van der Waals surface area contributed by atoms with Crippen molar-refractivity contribution in [3.8, 4) is 0 Å². The minimum absolute atomic E-state index is 0.213. The summed E-state index contributed by atoms with van der Waals surface area (Å²) in [6, 6.07) is 22.7. The molecule has 3 aromatic carbocycles. The van der Waals surface area contributed by atoms with Crippen LogP contribution < -0.4 is 5.43 Å². The van der Waals surface area contributed by atoms with Gasteiger partial charge in [0.25, 0.3) is 0 Å². The van der Waals surface area contributed by atoms with Gasteiger partial charge in [0.2, 0.25) is 0 Å². The van der Waals surface area contributed by atoms with Crippen molar-refractivity contribution < 1.29 is 9.21 Å². The van der Waals surface area contributed by atoms with E-state index in [1.54, 1.807) is 18.3 Å². The smallest absolute Gasteiger partial charge is 0.307 e. The summed E-state index contributed by atoms with van der Waals surface area (Å²) in [4.78, 5) is 12.5. The molecule has 7 heteroatoms. The molecule has 0 radical (unpaired) electrons. The van der Waals surface area contributed by atoms with Crippen molar-refractivity contribution in [2.24, 2.45) is 5.10 Å². The lowest BCUT2D eigenvalue weighted by Crippen LogP contribution is -2.16. The quantitative estimate of drug-likeness (QED) is 0.224. The monoisotopic (exact) mass is 475 g/mol. The van der Waals surface area contributed by atoms with Crippen LogP contribution in [0.3, 0.4) is 0 Å². The van der Waals surface area contributed by atoms with E-state index in [2.05, 4.69) is 21.2 Å². The van der Waals surface area contributed by atoms with Gasteiger partial charge in [-0.15, -0.1) is 0 Å². The normalized spacial score (nSPS) is 11.6. The maximum atomic E-state index is 12.5. The van der Waals surface area contributed by atoms with Crippen LogP contribution in [0.5, 0.6) is 0 Å². The Hall–Kier alpha value is -3.54.